The van der Waals surface area contributed by atoms with Gasteiger partial charge < -0.3 is 5.32 Å². The van der Waals surface area contributed by atoms with Crippen LogP contribution in [0.15, 0.2) is 12.4 Å². The zero-order valence-corrected chi connectivity index (χ0v) is 7.76. The van der Waals surface area contributed by atoms with Gasteiger partial charge in [-0.25, -0.2) is 4.39 Å². The standard InChI is InChI=1S/C9H14FN3/c1-13-5-8(4-12-13)2-3-9(10)6-11-7-9/h4-5,11H,2-3,6-7H2,1H3. The molecule has 0 radical (unpaired) electrons. The largest absolute Gasteiger partial charge is 0.310 e. The van der Waals surface area contributed by atoms with Crippen molar-refractivity contribution >= 4 is 0 Å². The van der Waals surface area contributed by atoms with Crippen LogP contribution in [-0.2, 0) is 13.5 Å². The van der Waals surface area contributed by atoms with Crippen LogP contribution >= 0.6 is 0 Å². The lowest BCUT2D eigenvalue weighted by atomic mass is 9.92. The van der Waals surface area contributed by atoms with E-state index < -0.39 is 5.67 Å². The van der Waals surface area contributed by atoms with Gasteiger partial charge >= 0.3 is 0 Å². The van der Waals surface area contributed by atoms with Gasteiger partial charge in [-0.3, -0.25) is 4.68 Å². The molecule has 4 heteroatoms. The minimum absolute atomic E-state index is 0.507. The number of aromatic nitrogens is 2. The Bertz CT molecular complexity index is 291. The number of hydrogen-bond acceptors (Lipinski definition) is 2. The molecule has 0 saturated carbocycles. The zero-order valence-electron chi connectivity index (χ0n) is 7.76. The van der Waals surface area contributed by atoms with E-state index in [1.807, 2.05) is 13.2 Å². The summed E-state index contributed by atoms with van der Waals surface area (Å²) in [7, 11) is 1.87. The fraction of sp³-hybridized carbons (Fsp3) is 0.667. The van der Waals surface area contributed by atoms with Crippen LogP contribution in [0.5, 0.6) is 0 Å². The average Bonchev–Trinajstić information content (AvgIpc) is 2.44. The molecular weight excluding hydrogens is 169 g/mol. The highest BCUT2D eigenvalue weighted by Crippen LogP contribution is 2.22. The van der Waals surface area contributed by atoms with Gasteiger partial charge in [-0.15, -0.1) is 0 Å². The summed E-state index contributed by atoms with van der Waals surface area (Å²) >= 11 is 0. The maximum atomic E-state index is 13.5. The summed E-state index contributed by atoms with van der Waals surface area (Å²) in [6, 6.07) is 0. The van der Waals surface area contributed by atoms with E-state index in [4.69, 9.17) is 0 Å². The molecule has 72 valence electrons. The van der Waals surface area contributed by atoms with Crippen molar-refractivity contribution in [1.29, 1.82) is 0 Å². The van der Waals surface area contributed by atoms with E-state index in [2.05, 4.69) is 10.4 Å². The molecule has 0 bridgehead atoms. The van der Waals surface area contributed by atoms with Crippen molar-refractivity contribution in [2.75, 3.05) is 13.1 Å². The second-order valence-corrected chi connectivity index (χ2v) is 3.78. The first-order valence-electron chi connectivity index (χ1n) is 4.55. The molecule has 3 nitrogen and oxygen atoms in total. The molecule has 0 atom stereocenters. The predicted molar refractivity (Wildman–Crippen MR) is 48.2 cm³/mol. The molecule has 0 aliphatic carbocycles. The van der Waals surface area contributed by atoms with Crippen molar-refractivity contribution in [3.05, 3.63) is 18.0 Å². The van der Waals surface area contributed by atoms with Crippen LogP contribution in [0.4, 0.5) is 4.39 Å². The Morgan fingerprint density at radius 3 is 2.92 bits per heavy atom. The van der Waals surface area contributed by atoms with E-state index >= 15 is 0 Å². The van der Waals surface area contributed by atoms with Crippen LogP contribution in [-0.4, -0.2) is 28.5 Å². The van der Waals surface area contributed by atoms with Gasteiger partial charge in [0.05, 0.1) is 6.20 Å². The fourth-order valence-electron chi connectivity index (χ4n) is 1.54. The molecule has 1 saturated heterocycles. The van der Waals surface area contributed by atoms with Crippen molar-refractivity contribution in [3.8, 4) is 0 Å². The Morgan fingerprint density at radius 1 is 1.69 bits per heavy atom. The molecule has 0 spiro atoms. The summed E-state index contributed by atoms with van der Waals surface area (Å²) in [6.07, 6.45) is 5.13. The van der Waals surface area contributed by atoms with Gasteiger partial charge in [0.2, 0.25) is 0 Å². The predicted octanol–water partition coefficient (Wildman–Crippen LogP) is 0.664. The van der Waals surface area contributed by atoms with Crippen molar-refractivity contribution in [3.63, 3.8) is 0 Å². The van der Waals surface area contributed by atoms with E-state index in [9.17, 15) is 4.39 Å². The molecule has 2 rings (SSSR count). The van der Waals surface area contributed by atoms with E-state index in [1.165, 1.54) is 0 Å². The third kappa shape index (κ3) is 1.88. The molecule has 1 aliphatic heterocycles. The van der Waals surface area contributed by atoms with Crippen LogP contribution in [0, 0.1) is 0 Å². The SMILES string of the molecule is Cn1cc(CCC2(F)CNC2)cn1. The molecule has 0 aromatic carbocycles. The Morgan fingerprint density at radius 2 is 2.46 bits per heavy atom. The summed E-state index contributed by atoms with van der Waals surface area (Å²) in [5.41, 5.74) is 0.155. The Hall–Kier alpha value is -0.900. The second-order valence-electron chi connectivity index (χ2n) is 3.78. The number of halogens is 1. The van der Waals surface area contributed by atoms with Crippen LogP contribution in [0.1, 0.15) is 12.0 Å². The highest BCUT2D eigenvalue weighted by molar-refractivity contribution is 5.06. The van der Waals surface area contributed by atoms with Crippen LogP contribution in [0.25, 0.3) is 0 Å². The molecule has 1 fully saturated rings. The molecule has 1 aromatic heterocycles. The number of nitrogens with zero attached hydrogens (tertiary/aromatic N) is 2. The fourth-order valence-corrected chi connectivity index (χ4v) is 1.54. The lowest BCUT2D eigenvalue weighted by Gasteiger charge is -2.34. The van der Waals surface area contributed by atoms with Gasteiger partial charge in [0.1, 0.15) is 5.67 Å². The number of aryl methyl sites for hydroxylation is 2. The first-order valence-corrected chi connectivity index (χ1v) is 4.55. The van der Waals surface area contributed by atoms with E-state index in [-0.39, 0.29) is 0 Å². The molecule has 0 unspecified atom stereocenters. The number of rotatable bonds is 3. The summed E-state index contributed by atoms with van der Waals surface area (Å²) in [4.78, 5) is 0. The Balaban J connectivity index is 1.85. The zero-order chi connectivity index (χ0) is 9.31. The van der Waals surface area contributed by atoms with E-state index in [1.54, 1.807) is 10.9 Å². The van der Waals surface area contributed by atoms with Gasteiger partial charge in [0.25, 0.3) is 0 Å². The van der Waals surface area contributed by atoms with Gasteiger partial charge in [0, 0.05) is 26.3 Å². The third-order valence-electron chi connectivity index (χ3n) is 2.50. The molecule has 13 heavy (non-hydrogen) atoms. The summed E-state index contributed by atoms with van der Waals surface area (Å²) in [5.74, 6) is 0. The minimum Gasteiger partial charge on any atom is -0.310 e. The average molecular weight is 183 g/mol. The van der Waals surface area contributed by atoms with Crippen molar-refractivity contribution in [2.24, 2.45) is 7.05 Å². The van der Waals surface area contributed by atoms with Crippen LogP contribution < -0.4 is 5.32 Å². The van der Waals surface area contributed by atoms with Crippen molar-refractivity contribution in [2.45, 2.75) is 18.5 Å². The Labute approximate surface area is 76.9 Å². The number of nitrogens with one attached hydrogen (secondary N) is 1. The smallest absolute Gasteiger partial charge is 0.136 e. The molecular formula is C9H14FN3. The first kappa shape index (κ1) is 8.69. The summed E-state index contributed by atoms with van der Waals surface area (Å²) in [5, 5.41) is 6.99. The van der Waals surface area contributed by atoms with Crippen molar-refractivity contribution < 1.29 is 4.39 Å². The van der Waals surface area contributed by atoms with E-state index in [0.717, 1.165) is 12.0 Å². The van der Waals surface area contributed by atoms with Gasteiger partial charge in [-0.1, -0.05) is 0 Å². The molecule has 2 heterocycles. The van der Waals surface area contributed by atoms with E-state index in [0.29, 0.717) is 19.5 Å². The lowest BCUT2D eigenvalue weighted by molar-refractivity contribution is 0.0809. The van der Waals surface area contributed by atoms with Crippen LogP contribution in [0.2, 0.25) is 0 Å². The maximum Gasteiger partial charge on any atom is 0.136 e. The first-order chi connectivity index (χ1) is 6.18. The Kier molecular flexibility index (Phi) is 2.07. The van der Waals surface area contributed by atoms with Crippen molar-refractivity contribution in [1.82, 2.24) is 15.1 Å². The highest BCUT2D eigenvalue weighted by atomic mass is 19.1. The quantitative estimate of drug-likeness (QED) is 0.746. The lowest BCUT2D eigenvalue weighted by Crippen LogP contribution is -2.56. The highest BCUT2D eigenvalue weighted by Gasteiger charge is 2.36. The second kappa shape index (κ2) is 3.10. The minimum atomic E-state index is -0.962. The topological polar surface area (TPSA) is 29.9 Å². The molecule has 0 amide bonds. The normalized spacial score (nSPS) is 19.8. The summed E-state index contributed by atoms with van der Waals surface area (Å²) < 4.78 is 15.3. The molecule has 1 aliphatic rings. The molecule has 1 aromatic rings. The maximum absolute atomic E-state index is 13.5. The van der Waals surface area contributed by atoms with Gasteiger partial charge in [-0.2, -0.15) is 5.10 Å². The number of hydrogen-bond donors (Lipinski definition) is 1. The van der Waals surface area contributed by atoms with Crippen LogP contribution in [0.3, 0.4) is 0 Å². The number of alkyl halides is 1. The summed E-state index contributed by atoms with van der Waals surface area (Å²) in [6.45, 7) is 1.01. The monoisotopic (exact) mass is 183 g/mol. The van der Waals surface area contributed by atoms with Gasteiger partial charge in [-0.05, 0) is 18.4 Å². The molecule has 1 N–H and O–H groups in total. The van der Waals surface area contributed by atoms with Gasteiger partial charge in [0.15, 0.2) is 0 Å². The third-order valence-corrected chi connectivity index (χ3v) is 2.50.